The number of hydrogen-bond donors (Lipinski definition) is 2. The van der Waals surface area contributed by atoms with E-state index in [2.05, 4.69) is 10.4 Å². The Kier molecular flexibility index (Phi) is 4.42. The number of hydrogen-bond acceptors (Lipinski definition) is 3. The Morgan fingerprint density at radius 3 is 2.75 bits per heavy atom. The van der Waals surface area contributed by atoms with Crippen molar-refractivity contribution in [3.63, 3.8) is 0 Å². The third kappa shape index (κ3) is 3.59. The second-order valence-corrected chi connectivity index (χ2v) is 5.51. The molecule has 0 spiro atoms. The van der Waals surface area contributed by atoms with Crippen LogP contribution in [-0.2, 0) is 16.1 Å². The quantitative estimate of drug-likeness (QED) is 0.850. The van der Waals surface area contributed by atoms with E-state index < -0.39 is 5.97 Å². The molecule has 1 fully saturated rings. The summed E-state index contributed by atoms with van der Waals surface area (Å²) >= 11 is 0. The summed E-state index contributed by atoms with van der Waals surface area (Å²) in [6.07, 6.45) is 2.32. The molecular formula is C14H21N3O3. The lowest BCUT2D eigenvalue weighted by molar-refractivity contribution is -0.141. The van der Waals surface area contributed by atoms with Crippen molar-refractivity contribution >= 4 is 11.9 Å². The molecule has 0 radical (unpaired) electrons. The van der Waals surface area contributed by atoms with Gasteiger partial charge in [-0.25, -0.2) is 0 Å². The first-order valence-electron chi connectivity index (χ1n) is 6.99. The van der Waals surface area contributed by atoms with Gasteiger partial charge in [-0.05, 0) is 39.2 Å². The standard InChI is InChI=1S/C14H21N3O3/c1-9-7-10(2)17(16-9)6-5-13(18)15-12-4-3-11(8-12)14(19)20/h7,11-12H,3-6,8H2,1-2H3,(H,15,18)(H,19,20)/t11-,12+/m1/s1. The fourth-order valence-corrected chi connectivity index (χ4v) is 2.75. The van der Waals surface area contributed by atoms with E-state index in [1.165, 1.54) is 0 Å². The second-order valence-electron chi connectivity index (χ2n) is 5.51. The molecule has 1 saturated carbocycles. The number of aryl methyl sites for hydroxylation is 3. The van der Waals surface area contributed by atoms with Gasteiger partial charge in [-0.1, -0.05) is 0 Å². The van der Waals surface area contributed by atoms with Crippen LogP contribution in [0.1, 0.15) is 37.1 Å². The lowest BCUT2D eigenvalue weighted by Gasteiger charge is -2.12. The van der Waals surface area contributed by atoms with Crippen LogP contribution in [0.15, 0.2) is 6.07 Å². The summed E-state index contributed by atoms with van der Waals surface area (Å²) in [5.74, 6) is -1.10. The molecule has 2 N–H and O–H groups in total. The minimum absolute atomic E-state index is 0.00375. The Labute approximate surface area is 118 Å². The summed E-state index contributed by atoms with van der Waals surface area (Å²) in [5.41, 5.74) is 1.99. The van der Waals surface area contributed by atoms with Crippen molar-refractivity contribution < 1.29 is 14.7 Å². The lowest BCUT2D eigenvalue weighted by atomic mass is 10.1. The van der Waals surface area contributed by atoms with Gasteiger partial charge in [0.05, 0.1) is 11.6 Å². The summed E-state index contributed by atoms with van der Waals surface area (Å²) in [6.45, 7) is 4.45. The number of nitrogens with zero attached hydrogens (tertiary/aromatic N) is 2. The van der Waals surface area contributed by atoms with Gasteiger partial charge < -0.3 is 10.4 Å². The Hall–Kier alpha value is -1.85. The number of aromatic nitrogens is 2. The zero-order valence-electron chi connectivity index (χ0n) is 11.9. The summed E-state index contributed by atoms with van der Waals surface area (Å²) in [7, 11) is 0. The van der Waals surface area contributed by atoms with Gasteiger partial charge in [-0.15, -0.1) is 0 Å². The van der Waals surface area contributed by atoms with Gasteiger partial charge in [0.2, 0.25) is 5.91 Å². The number of carboxylic acids is 1. The van der Waals surface area contributed by atoms with Gasteiger partial charge in [-0.2, -0.15) is 5.10 Å². The largest absolute Gasteiger partial charge is 0.481 e. The molecular weight excluding hydrogens is 258 g/mol. The predicted molar refractivity (Wildman–Crippen MR) is 73.2 cm³/mol. The van der Waals surface area contributed by atoms with Crippen LogP contribution in [0.2, 0.25) is 0 Å². The number of aliphatic carboxylic acids is 1. The lowest BCUT2D eigenvalue weighted by Crippen LogP contribution is -2.34. The van der Waals surface area contributed by atoms with E-state index in [4.69, 9.17) is 5.11 Å². The first-order valence-corrected chi connectivity index (χ1v) is 6.99. The molecule has 0 aromatic carbocycles. The first kappa shape index (κ1) is 14.6. The monoisotopic (exact) mass is 279 g/mol. The molecule has 0 bridgehead atoms. The highest BCUT2D eigenvalue weighted by Crippen LogP contribution is 2.25. The number of carbonyl (C=O) groups is 2. The predicted octanol–water partition coefficient (Wildman–Crippen LogP) is 1.26. The SMILES string of the molecule is Cc1cc(C)n(CCC(=O)N[C@H]2CC[C@@H](C(=O)O)C2)n1. The second kappa shape index (κ2) is 6.07. The van der Waals surface area contributed by atoms with Gasteiger partial charge in [0.15, 0.2) is 0 Å². The van der Waals surface area contributed by atoms with Crippen LogP contribution >= 0.6 is 0 Å². The molecule has 20 heavy (non-hydrogen) atoms. The Balaban J connectivity index is 1.76. The topological polar surface area (TPSA) is 84.2 Å². The maximum Gasteiger partial charge on any atom is 0.306 e. The smallest absolute Gasteiger partial charge is 0.306 e. The van der Waals surface area contributed by atoms with Gasteiger partial charge in [0.25, 0.3) is 0 Å². The van der Waals surface area contributed by atoms with Crippen molar-refractivity contribution in [1.29, 1.82) is 0 Å². The third-order valence-corrected chi connectivity index (χ3v) is 3.80. The molecule has 1 heterocycles. The van der Waals surface area contributed by atoms with Gasteiger partial charge in [0.1, 0.15) is 0 Å². The Morgan fingerprint density at radius 1 is 1.45 bits per heavy atom. The number of amides is 1. The van der Waals surface area contributed by atoms with Crippen LogP contribution in [-0.4, -0.2) is 32.8 Å². The van der Waals surface area contributed by atoms with E-state index in [0.29, 0.717) is 25.8 Å². The molecule has 6 nitrogen and oxygen atoms in total. The van der Waals surface area contributed by atoms with E-state index in [1.54, 1.807) is 0 Å². The molecule has 0 saturated heterocycles. The average Bonchev–Trinajstić information content (AvgIpc) is 2.94. The van der Waals surface area contributed by atoms with Crippen molar-refractivity contribution in [3.05, 3.63) is 17.5 Å². The molecule has 1 aliphatic rings. The fraction of sp³-hybridized carbons (Fsp3) is 0.643. The molecule has 1 aromatic rings. The molecule has 0 aliphatic heterocycles. The number of rotatable bonds is 5. The first-order chi connectivity index (χ1) is 9.45. The highest BCUT2D eigenvalue weighted by atomic mass is 16.4. The maximum absolute atomic E-state index is 11.9. The molecule has 2 rings (SSSR count). The van der Waals surface area contributed by atoms with Crippen molar-refractivity contribution in [1.82, 2.24) is 15.1 Å². The van der Waals surface area contributed by atoms with E-state index >= 15 is 0 Å². The summed E-state index contributed by atoms with van der Waals surface area (Å²) < 4.78 is 1.82. The van der Waals surface area contributed by atoms with E-state index in [1.807, 2.05) is 24.6 Å². The molecule has 1 amide bonds. The maximum atomic E-state index is 11.9. The van der Waals surface area contributed by atoms with E-state index in [0.717, 1.165) is 17.8 Å². The zero-order chi connectivity index (χ0) is 14.7. The van der Waals surface area contributed by atoms with Gasteiger partial charge in [-0.3, -0.25) is 14.3 Å². The van der Waals surface area contributed by atoms with Crippen LogP contribution in [0.3, 0.4) is 0 Å². The van der Waals surface area contributed by atoms with Crippen molar-refractivity contribution in [2.24, 2.45) is 5.92 Å². The van der Waals surface area contributed by atoms with E-state index in [-0.39, 0.29) is 17.9 Å². The van der Waals surface area contributed by atoms with Crippen LogP contribution in [0.5, 0.6) is 0 Å². The molecule has 110 valence electrons. The normalized spacial score (nSPS) is 21.9. The van der Waals surface area contributed by atoms with Gasteiger partial charge in [0, 0.05) is 24.7 Å². The summed E-state index contributed by atoms with van der Waals surface area (Å²) in [5, 5.41) is 16.2. The van der Waals surface area contributed by atoms with Crippen LogP contribution < -0.4 is 5.32 Å². The molecule has 1 aliphatic carbocycles. The molecule has 1 aromatic heterocycles. The number of carbonyl (C=O) groups excluding carboxylic acids is 1. The third-order valence-electron chi connectivity index (χ3n) is 3.80. The highest BCUT2D eigenvalue weighted by Gasteiger charge is 2.30. The van der Waals surface area contributed by atoms with Crippen molar-refractivity contribution in [2.75, 3.05) is 0 Å². The Bertz CT molecular complexity index is 510. The molecule has 6 heteroatoms. The van der Waals surface area contributed by atoms with Crippen LogP contribution in [0.4, 0.5) is 0 Å². The molecule has 2 atom stereocenters. The minimum Gasteiger partial charge on any atom is -0.481 e. The molecule has 0 unspecified atom stereocenters. The average molecular weight is 279 g/mol. The number of nitrogens with one attached hydrogen (secondary N) is 1. The minimum atomic E-state index is -0.760. The number of carboxylic acid groups (broad SMARTS) is 1. The highest BCUT2D eigenvalue weighted by molar-refractivity contribution is 5.76. The van der Waals surface area contributed by atoms with Gasteiger partial charge >= 0.3 is 5.97 Å². The zero-order valence-corrected chi connectivity index (χ0v) is 11.9. The Morgan fingerprint density at radius 2 is 2.20 bits per heavy atom. The fourth-order valence-electron chi connectivity index (χ4n) is 2.75. The van der Waals surface area contributed by atoms with Crippen molar-refractivity contribution in [2.45, 2.75) is 52.1 Å². The summed E-state index contributed by atoms with van der Waals surface area (Å²) in [4.78, 5) is 22.7. The van der Waals surface area contributed by atoms with E-state index in [9.17, 15) is 9.59 Å². The summed E-state index contributed by atoms with van der Waals surface area (Å²) in [6, 6.07) is 1.98. The van der Waals surface area contributed by atoms with Crippen molar-refractivity contribution in [3.8, 4) is 0 Å². The van der Waals surface area contributed by atoms with Crippen LogP contribution in [0.25, 0.3) is 0 Å². The van der Waals surface area contributed by atoms with Crippen LogP contribution in [0, 0.1) is 19.8 Å².